The second kappa shape index (κ2) is 6.94. The molecular formula is C15H7ClF6N2O2S. The first-order valence-corrected chi connectivity index (χ1v) is 8.62. The lowest BCUT2D eigenvalue weighted by molar-refractivity contribution is -0.143. The highest BCUT2D eigenvalue weighted by Gasteiger charge is 2.38. The third-order valence-corrected chi connectivity index (χ3v) is 4.89. The first-order valence-electron chi connectivity index (χ1n) is 6.76. The second-order valence-corrected chi connectivity index (χ2v) is 7.24. The van der Waals surface area contributed by atoms with E-state index in [9.17, 15) is 34.8 Å². The summed E-state index contributed by atoms with van der Waals surface area (Å²) >= 11 is 5.72. The molecular weight excluding hydrogens is 422 g/mol. The zero-order valence-corrected chi connectivity index (χ0v) is 14.4. The molecule has 2 aromatic carbocycles. The monoisotopic (exact) mass is 428 g/mol. The fourth-order valence-electron chi connectivity index (χ4n) is 1.96. The molecule has 12 heteroatoms. The van der Waals surface area contributed by atoms with Gasteiger partial charge >= 0.3 is 12.4 Å². The van der Waals surface area contributed by atoms with Gasteiger partial charge in [-0.15, -0.1) is 0 Å². The van der Waals surface area contributed by atoms with Gasteiger partial charge in [-0.25, -0.2) is 8.42 Å². The molecule has 0 atom stereocenters. The third kappa shape index (κ3) is 4.84. The molecule has 2 rings (SSSR count). The number of hydrogen-bond acceptors (Lipinski definition) is 3. The summed E-state index contributed by atoms with van der Waals surface area (Å²) in [5.74, 6) is 0. The van der Waals surface area contributed by atoms with Gasteiger partial charge in [-0.2, -0.15) is 31.6 Å². The van der Waals surface area contributed by atoms with Crippen LogP contribution in [0.1, 0.15) is 16.7 Å². The van der Waals surface area contributed by atoms with Crippen LogP contribution >= 0.6 is 11.6 Å². The quantitative estimate of drug-likeness (QED) is 0.695. The number of nitrogens with one attached hydrogen (secondary N) is 1. The molecule has 0 aliphatic carbocycles. The van der Waals surface area contributed by atoms with Gasteiger partial charge in [-0.05, 0) is 36.4 Å². The van der Waals surface area contributed by atoms with Gasteiger partial charge in [0.2, 0.25) is 0 Å². The van der Waals surface area contributed by atoms with Crippen molar-refractivity contribution in [3.05, 3.63) is 58.1 Å². The predicted octanol–water partition coefficient (Wildman–Crippen LogP) is 5.05. The lowest BCUT2D eigenvalue weighted by Crippen LogP contribution is -2.17. The molecule has 144 valence electrons. The van der Waals surface area contributed by atoms with E-state index in [0.29, 0.717) is 0 Å². The highest BCUT2D eigenvalue weighted by Crippen LogP contribution is 2.37. The average Bonchev–Trinajstić information content (AvgIpc) is 2.52. The first kappa shape index (κ1) is 20.9. The molecule has 0 aliphatic rings. The van der Waals surface area contributed by atoms with Gasteiger partial charge in [0.1, 0.15) is 6.07 Å². The standard InChI is InChI=1S/C15H7ClF6N2O2S/c16-13-6-11(2-1-8(13)7-23)24-27(25,26)12-4-9(14(17,18)19)3-10(5-12)15(20,21)22/h1-6,24H. The summed E-state index contributed by atoms with van der Waals surface area (Å²) in [4.78, 5) is -1.23. The molecule has 4 nitrogen and oxygen atoms in total. The van der Waals surface area contributed by atoms with Gasteiger partial charge < -0.3 is 0 Å². The number of alkyl halides is 6. The van der Waals surface area contributed by atoms with Crippen molar-refractivity contribution < 1.29 is 34.8 Å². The van der Waals surface area contributed by atoms with Crippen molar-refractivity contribution in [1.29, 1.82) is 5.26 Å². The Morgan fingerprint density at radius 3 is 1.85 bits per heavy atom. The van der Waals surface area contributed by atoms with E-state index in [4.69, 9.17) is 16.9 Å². The number of nitriles is 1. The van der Waals surface area contributed by atoms with E-state index in [1.165, 1.54) is 0 Å². The minimum absolute atomic E-state index is 0.00181. The van der Waals surface area contributed by atoms with Crippen molar-refractivity contribution in [1.82, 2.24) is 0 Å². The summed E-state index contributed by atoms with van der Waals surface area (Å²) < 4.78 is 104. The summed E-state index contributed by atoms with van der Waals surface area (Å²) in [6.07, 6.45) is -10.4. The predicted molar refractivity (Wildman–Crippen MR) is 83.4 cm³/mol. The number of hydrogen-bond donors (Lipinski definition) is 1. The summed E-state index contributed by atoms with van der Waals surface area (Å²) in [5, 5.41) is 8.59. The number of anilines is 1. The molecule has 0 aliphatic heterocycles. The molecule has 0 radical (unpaired) electrons. The first-order chi connectivity index (χ1) is 12.2. The molecule has 1 N–H and O–H groups in total. The normalized spacial score (nSPS) is 12.5. The van der Waals surface area contributed by atoms with Crippen LogP contribution in [0.25, 0.3) is 0 Å². The number of nitrogens with zero attached hydrogens (tertiary/aromatic N) is 1. The second-order valence-electron chi connectivity index (χ2n) is 5.15. The summed E-state index contributed by atoms with van der Waals surface area (Å²) in [7, 11) is -4.81. The zero-order chi connectivity index (χ0) is 20.6. The van der Waals surface area contributed by atoms with E-state index in [0.717, 1.165) is 18.2 Å². The molecule has 2 aromatic rings. The minimum atomic E-state index is -5.19. The van der Waals surface area contributed by atoms with Crippen molar-refractivity contribution in [3.63, 3.8) is 0 Å². The Labute approximate surface area is 154 Å². The summed E-state index contributed by atoms with van der Waals surface area (Å²) in [6.45, 7) is 0. The van der Waals surface area contributed by atoms with Crippen molar-refractivity contribution >= 4 is 27.3 Å². The lowest BCUT2D eigenvalue weighted by Gasteiger charge is -2.15. The zero-order valence-electron chi connectivity index (χ0n) is 12.8. The van der Waals surface area contributed by atoms with Crippen LogP contribution in [0.5, 0.6) is 0 Å². The van der Waals surface area contributed by atoms with E-state index in [-0.39, 0.29) is 34.5 Å². The van der Waals surface area contributed by atoms with Gasteiger partial charge in [0.25, 0.3) is 10.0 Å². The van der Waals surface area contributed by atoms with Gasteiger partial charge in [0, 0.05) is 0 Å². The molecule has 0 bridgehead atoms. The molecule has 0 amide bonds. The number of halogens is 7. The molecule has 0 heterocycles. The number of benzene rings is 2. The molecule has 0 unspecified atom stereocenters. The smallest absolute Gasteiger partial charge is 0.280 e. The Hall–Kier alpha value is -2.45. The Bertz CT molecular complexity index is 994. The molecule has 0 fully saturated rings. The Morgan fingerprint density at radius 2 is 1.44 bits per heavy atom. The highest BCUT2D eigenvalue weighted by atomic mass is 35.5. The largest absolute Gasteiger partial charge is 0.416 e. The van der Waals surface area contributed by atoms with Gasteiger partial charge in [0.15, 0.2) is 0 Å². The number of sulfonamides is 1. The van der Waals surface area contributed by atoms with Crippen LogP contribution in [-0.4, -0.2) is 8.42 Å². The highest BCUT2D eigenvalue weighted by molar-refractivity contribution is 7.92. The molecule has 27 heavy (non-hydrogen) atoms. The van der Waals surface area contributed by atoms with Crippen molar-refractivity contribution in [2.45, 2.75) is 17.2 Å². The fourth-order valence-corrected chi connectivity index (χ4v) is 3.31. The van der Waals surface area contributed by atoms with Crippen molar-refractivity contribution in [2.75, 3.05) is 4.72 Å². The van der Waals surface area contributed by atoms with Crippen LogP contribution in [-0.2, 0) is 22.4 Å². The third-order valence-electron chi connectivity index (χ3n) is 3.21. The van der Waals surface area contributed by atoms with E-state index < -0.39 is 38.4 Å². The SMILES string of the molecule is N#Cc1ccc(NS(=O)(=O)c2cc(C(F)(F)F)cc(C(F)(F)F)c2)cc1Cl. The Morgan fingerprint density at radius 1 is 0.926 bits per heavy atom. The van der Waals surface area contributed by atoms with Crippen LogP contribution in [0.2, 0.25) is 5.02 Å². The summed E-state index contributed by atoms with van der Waals surface area (Å²) in [5.41, 5.74) is -3.78. The van der Waals surface area contributed by atoms with Crippen LogP contribution in [0.4, 0.5) is 32.0 Å². The minimum Gasteiger partial charge on any atom is -0.280 e. The summed E-state index contributed by atoms with van der Waals surface area (Å²) in [6, 6.07) is 4.91. The van der Waals surface area contributed by atoms with Crippen LogP contribution in [0.3, 0.4) is 0 Å². The van der Waals surface area contributed by atoms with Crippen LogP contribution in [0.15, 0.2) is 41.3 Å². The molecule has 0 saturated heterocycles. The maximum atomic E-state index is 12.9. The fraction of sp³-hybridized carbons (Fsp3) is 0.133. The van der Waals surface area contributed by atoms with E-state index in [2.05, 4.69) is 0 Å². The van der Waals surface area contributed by atoms with Crippen molar-refractivity contribution in [2.24, 2.45) is 0 Å². The maximum Gasteiger partial charge on any atom is 0.416 e. The van der Waals surface area contributed by atoms with Crippen molar-refractivity contribution in [3.8, 4) is 6.07 Å². The Kier molecular flexibility index (Phi) is 5.36. The maximum absolute atomic E-state index is 12.9. The average molecular weight is 429 g/mol. The van der Waals surface area contributed by atoms with E-state index in [1.807, 2.05) is 4.72 Å². The van der Waals surface area contributed by atoms with Crippen LogP contribution < -0.4 is 4.72 Å². The number of rotatable bonds is 3. The van der Waals surface area contributed by atoms with E-state index in [1.54, 1.807) is 6.07 Å². The molecule has 0 aromatic heterocycles. The van der Waals surface area contributed by atoms with Gasteiger partial charge in [-0.1, -0.05) is 11.6 Å². The Balaban J connectivity index is 2.55. The molecule has 0 saturated carbocycles. The lowest BCUT2D eigenvalue weighted by atomic mass is 10.1. The van der Waals surface area contributed by atoms with Gasteiger partial charge in [0.05, 0.1) is 32.3 Å². The van der Waals surface area contributed by atoms with Gasteiger partial charge in [-0.3, -0.25) is 4.72 Å². The topological polar surface area (TPSA) is 70.0 Å². The molecule has 0 spiro atoms. The van der Waals surface area contributed by atoms with E-state index >= 15 is 0 Å². The van der Waals surface area contributed by atoms with Crippen LogP contribution in [0, 0.1) is 11.3 Å².